The van der Waals surface area contributed by atoms with Gasteiger partial charge < -0.3 is 10.4 Å². The average molecular weight is 319 g/mol. The van der Waals surface area contributed by atoms with Crippen molar-refractivity contribution in [1.29, 1.82) is 0 Å². The van der Waals surface area contributed by atoms with E-state index in [9.17, 15) is 14.7 Å². The quantitative estimate of drug-likeness (QED) is 0.874. The highest BCUT2D eigenvalue weighted by Crippen LogP contribution is 2.33. The summed E-state index contributed by atoms with van der Waals surface area (Å²) in [7, 11) is 0. The van der Waals surface area contributed by atoms with E-state index in [1.165, 1.54) is 12.8 Å². The first-order valence-electron chi connectivity index (χ1n) is 8.67. The predicted molar refractivity (Wildman–Crippen MR) is 85.3 cm³/mol. The monoisotopic (exact) mass is 319 g/mol. The maximum atomic E-state index is 12.8. The fraction of sp³-hybridized carbons (Fsp3) is 0.706. The Morgan fingerprint density at radius 3 is 2.57 bits per heavy atom. The molecular weight excluding hydrogens is 294 g/mol. The van der Waals surface area contributed by atoms with Crippen molar-refractivity contribution < 1.29 is 14.7 Å². The second-order valence-electron chi connectivity index (χ2n) is 6.96. The summed E-state index contributed by atoms with van der Waals surface area (Å²) in [5.74, 6) is -1.03. The number of rotatable bonds is 5. The van der Waals surface area contributed by atoms with Crippen LogP contribution in [0, 0.1) is 0 Å². The molecule has 1 heterocycles. The van der Waals surface area contributed by atoms with Crippen LogP contribution in [0.2, 0.25) is 0 Å². The normalized spacial score (nSPS) is 21.2. The van der Waals surface area contributed by atoms with Crippen molar-refractivity contribution in [2.45, 2.75) is 75.8 Å². The molecule has 23 heavy (non-hydrogen) atoms. The number of aromatic nitrogens is 2. The Hall–Kier alpha value is -1.85. The van der Waals surface area contributed by atoms with E-state index in [-0.39, 0.29) is 12.3 Å². The third-order valence-corrected chi connectivity index (χ3v) is 5.25. The van der Waals surface area contributed by atoms with E-state index >= 15 is 0 Å². The van der Waals surface area contributed by atoms with Gasteiger partial charge in [0.05, 0.1) is 18.0 Å². The molecule has 2 aliphatic rings. The molecule has 0 unspecified atom stereocenters. The Morgan fingerprint density at radius 2 is 1.91 bits per heavy atom. The molecule has 0 aliphatic heterocycles. The fourth-order valence-electron chi connectivity index (χ4n) is 4.10. The van der Waals surface area contributed by atoms with E-state index in [0.717, 1.165) is 44.9 Å². The topological polar surface area (TPSA) is 84.2 Å². The average Bonchev–Trinajstić information content (AvgIpc) is 3.18. The van der Waals surface area contributed by atoms with Crippen molar-refractivity contribution in [3.05, 3.63) is 18.0 Å². The van der Waals surface area contributed by atoms with Gasteiger partial charge in [0.25, 0.3) is 5.91 Å². The number of aliphatic carboxylic acids is 1. The number of carboxylic acids is 1. The maximum absolute atomic E-state index is 12.8. The zero-order valence-electron chi connectivity index (χ0n) is 13.5. The molecule has 0 radical (unpaired) electrons. The standard InChI is InChI=1S/C17H25N3O3/c21-15(22)12-17(9-4-1-5-10-17)19-16(23)14-8-11-18-20(14)13-6-2-3-7-13/h8,11,13H,1-7,9-10,12H2,(H,19,23)(H,21,22). The number of carbonyl (C=O) groups is 2. The summed E-state index contributed by atoms with van der Waals surface area (Å²) < 4.78 is 1.83. The highest BCUT2D eigenvalue weighted by molar-refractivity contribution is 5.93. The fourth-order valence-corrected chi connectivity index (χ4v) is 4.10. The zero-order valence-corrected chi connectivity index (χ0v) is 13.5. The lowest BCUT2D eigenvalue weighted by molar-refractivity contribution is -0.139. The van der Waals surface area contributed by atoms with Gasteiger partial charge in [-0.25, -0.2) is 0 Å². The van der Waals surface area contributed by atoms with E-state index < -0.39 is 11.5 Å². The van der Waals surface area contributed by atoms with Crippen molar-refractivity contribution in [1.82, 2.24) is 15.1 Å². The number of hydrogen-bond acceptors (Lipinski definition) is 3. The lowest BCUT2D eigenvalue weighted by atomic mass is 9.79. The SMILES string of the molecule is O=C(O)CC1(NC(=O)c2ccnn2C2CCCC2)CCCCC1. The summed E-state index contributed by atoms with van der Waals surface area (Å²) in [5.41, 5.74) is -0.0430. The van der Waals surface area contributed by atoms with Gasteiger partial charge in [-0.15, -0.1) is 0 Å². The van der Waals surface area contributed by atoms with Crippen LogP contribution in [0.15, 0.2) is 12.3 Å². The van der Waals surface area contributed by atoms with Crippen LogP contribution in [0.3, 0.4) is 0 Å². The van der Waals surface area contributed by atoms with Gasteiger partial charge in [0.2, 0.25) is 0 Å². The molecule has 6 heteroatoms. The summed E-state index contributed by atoms with van der Waals surface area (Å²) in [4.78, 5) is 24.0. The lowest BCUT2D eigenvalue weighted by Crippen LogP contribution is -2.51. The summed E-state index contributed by atoms with van der Waals surface area (Å²) in [5, 5.41) is 16.6. The Morgan fingerprint density at radius 1 is 1.22 bits per heavy atom. The molecule has 2 saturated carbocycles. The molecule has 0 aromatic carbocycles. The highest BCUT2D eigenvalue weighted by Gasteiger charge is 2.37. The van der Waals surface area contributed by atoms with Crippen LogP contribution in [0.5, 0.6) is 0 Å². The molecule has 0 spiro atoms. The van der Waals surface area contributed by atoms with Crippen molar-refractivity contribution in [2.75, 3.05) is 0 Å². The minimum atomic E-state index is -0.850. The number of hydrogen-bond donors (Lipinski definition) is 2. The molecule has 2 fully saturated rings. The van der Waals surface area contributed by atoms with Gasteiger partial charge >= 0.3 is 5.97 Å². The van der Waals surface area contributed by atoms with E-state index in [1.807, 2.05) is 4.68 Å². The highest BCUT2D eigenvalue weighted by atomic mass is 16.4. The third kappa shape index (κ3) is 3.57. The first-order valence-corrected chi connectivity index (χ1v) is 8.67. The van der Waals surface area contributed by atoms with Crippen molar-refractivity contribution in [2.24, 2.45) is 0 Å². The number of amides is 1. The second-order valence-corrected chi connectivity index (χ2v) is 6.96. The summed E-state index contributed by atoms with van der Waals surface area (Å²) in [6, 6.07) is 2.04. The van der Waals surface area contributed by atoms with Gasteiger partial charge in [-0.2, -0.15) is 5.10 Å². The zero-order chi connectivity index (χ0) is 16.3. The molecule has 1 aromatic rings. The third-order valence-electron chi connectivity index (χ3n) is 5.25. The van der Waals surface area contributed by atoms with Gasteiger partial charge in [-0.05, 0) is 31.7 Å². The first kappa shape index (κ1) is 16.0. The Balaban J connectivity index is 1.76. The maximum Gasteiger partial charge on any atom is 0.305 e. The number of carboxylic acid groups (broad SMARTS) is 1. The molecule has 2 N–H and O–H groups in total. The van der Waals surface area contributed by atoms with Crippen LogP contribution in [0.4, 0.5) is 0 Å². The lowest BCUT2D eigenvalue weighted by Gasteiger charge is -2.37. The summed E-state index contributed by atoms with van der Waals surface area (Å²) in [6.07, 6.45) is 10.6. The molecule has 3 rings (SSSR count). The van der Waals surface area contributed by atoms with Crippen LogP contribution in [-0.2, 0) is 4.79 Å². The summed E-state index contributed by atoms with van der Waals surface area (Å²) in [6.45, 7) is 0. The van der Waals surface area contributed by atoms with Crippen LogP contribution in [0.25, 0.3) is 0 Å². The minimum absolute atomic E-state index is 0.00366. The molecule has 1 aromatic heterocycles. The summed E-state index contributed by atoms with van der Waals surface area (Å²) >= 11 is 0. The van der Waals surface area contributed by atoms with Crippen LogP contribution >= 0.6 is 0 Å². The van der Waals surface area contributed by atoms with Gasteiger partial charge in [0.1, 0.15) is 5.69 Å². The van der Waals surface area contributed by atoms with E-state index in [2.05, 4.69) is 10.4 Å². The smallest absolute Gasteiger partial charge is 0.305 e. The number of nitrogens with zero attached hydrogens (tertiary/aromatic N) is 2. The Kier molecular flexibility index (Phi) is 4.68. The van der Waals surface area contributed by atoms with Gasteiger partial charge in [0, 0.05) is 6.20 Å². The Bertz CT molecular complexity index is 569. The molecule has 0 bridgehead atoms. The van der Waals surface area contributed by atoms with Crippen molar-refractivity contribution >= 4 is 11.9 Å². The van der Waals surface area contributed by atoms with Gasteiger partial charge in [-0.3, -0.25) is 14.3 Å². The molecule has 126 valence electrons. The molecular formula is C17H25N3O3. The molecule has 0 saturated heterocycles. The predicted octanol–water partition coefficient (Wildman–Crippen LogP) is 2.91. The minimum Gasteiger partial charge on any atom is -0.481 e. The molecule has 0 atom stereocenters. The second kappa shape index (κ2) is 6.72. The number of carbonyl (C=O) groups excluding carboxylic acids is 1. The molecule has 1 amide bonds. The molecule has 6 nitrogen and oxygen atoms in total. The van der Waals surface area contributed by atoms with E-state index in [4.69, 9.17) is 0 Å². The largest absolute Gasteiger partial charge is 0.481 e. The van der Waals surface area contributed by atoms with Gasteiger partial charge in [-0.1, -0.05) is 32.1 Å². The van der Waals surface area contributed by atoms with Crippen LogP contribution in [0.1, 0.15) is 80.7 Å². The number of nitrogens with one attached hydrogen (secondary N) is 1. The Labute approximate surface area is 136 Å². The van der Waals surface area contributed by atoms with E-state index in [1.54, 1.807) is 12.3 Å². The van der Waals surface area contributed by atoms with Crippen LogP contribution < -0.4 is 5.32 Å². The van der Waals surface area contributed by atoms with E-state index in [0.29, 0.717) is 11.7 Å². The first-order chi connectivity index (χ1) is 11.1. The van der Waals surface area contributed by atoms with Crippen molar-refractivity contribution in [3.63, 3.8) is 0 Å². The van der Waals surface area contributed by atoms with Gasteiger partial charge in [0.15, 0.2) is 0 Å². The van der Waals surface area contributed by atoms with Crippen molar-refractivity contribution in [3.8, 4) is 0 Å². The van der Waals surface area contributed by atoms with Crippen LogP contribution in [-0.4, -0.2) is 32.3 Å². The molecule has 2 aliphatic carbocycles.